The van der Waals surface area contributed by atoms with E-state index in [9.17, 15) is 4.39 Å². The third-order valence-corrected chi connectivity index (χ3v) is 4.07. The molecule has 1 aromatic heterocycles. The van der Waals surface area contributed by atoms with Crippen molar-refractivity contribution in [3.05, 3.63) is 24.0 Å². The number of halogens is 1. The van der Waals surface area contributed by atoms with Gasteiger partial charge in [-0.3, -0.25) is 0 Å². The number of nitrogens with zero attached hydrogens (tertiary/aromatic N) is 1. The number of thiazole rings is 1. The van der Waals surface area contributed by atoms with Crippen molar-refractivity contribution in [3.8, 4) is 0 Å². The Morgan fingerprint density at radius 3 is 3.19 bits per heavy atom. The van der Waals surface area contributed by atoms with Gasteiger partial charge in [-0.1, -0.05) is 24.7 Å². The highest BCUT2D eigenvalue weighted by molar-refractivity contribution is 7.22. The highest BCUT2D eigenvalue weighted by Gasteiger charge is 2.35. The van der Waals surface area contributed by atoms with E-state index >= 15 is 0 Å². The molecular formula is C12H13FN2S. The minimum atomic E-state index is -0.220. The van der Waals surface area contributed by atoms with Crippen LogP contribution in [0.5, 0.6) is 0 Å². The second kappa shape index (κ2) is 3.70. The van der Waals surface area contributed by atoms with Gasteiger partial charge in [0.1, 0.15) is 5.82 Å². The molecule has 4 heteroatoms. The van der Waals surface area contributed by atoms with E-state index in [4.69, 9.17) is 0 Å². The van der Waals surface area contributed by atoms with E-state index in [-0.39, 0.29) is 5.82 Å². The number of hydrogen-bond acceptors (Lipinski definition) is 3. The number of hydrogen-bond donors (Lipinski definition) is 1. The van der Waals surface area contributed by atoms with Crippen molar-refractivity contribution in [3.63, 3.8) is 0 Å². The Balaban J connectivity index is 1.83. The van der Waals surface area contributed by atoms with Gasteiger partial charge in [0, 0.05) is 12.1 Å². The molecule has 1 fully saturated rings. The quantitative estimate of drug-likeness (QED) is 0.880. The molecule has 0 amide bonds. The average molecular weight is 236 g/mol. The third-order valence-electron chi connectivity index (χ3n) is 3.11. The number of aromatic nitrogens is 1. The maximum atomic E-state index is 13.0. The maximum absolute atomic E-state index is 13.0. The van der Waals surface area contributed by atoms with Crippen LogP contribution in [0.25, 0.3) is 10.2 Å². The van der Waals surface area contributed by atoms with Gasteiger partial charge in [-0.15, -0.1) is 0 Å². The Bertz CT molecular complexity index is 523. The average Bonchev–Trinajstić information content (AvgIpc) is 2.88. The summed E-state index contributed by atoms with van der Waals surface area (Å²) in [6.45, 7) is 2.21. The molecule has 0 saturated heterocycles. The molecule has 2 atom stereocenters. The Hall–Kier alpha value is -1.16. The third kappa shape index (κ3) is 1.78. The number of rotatable bonds is 3. The van der Waals surface area contributed by atoms with Crippen LogP contribution in [0.2, 0.25) is 0 Å². The van der Waals surface area contributed by atoms with E-state index in [0.29, 0.717) is 6.04 Å². The SMILES string of the molecule is CCC1CC1Nc1nc2cc(F)ccc2s1. The van der Waals surface area contributed by atoms with E-state index in [0.717, 1.165) is 21.3 Å². The zero-order valence-electron chi connectivity index (χ0n) is 9.03. The summed E-state index contributed by atoms with van der Waals surface area (Å²) in [5.74, 6) is 0.575. The molecule has 0 radical (unpaired) electrons. The van der Waals surface area contributed by atoms with Gasteiger partial charge in [-0.25, -0.2) is 9.37 Å². The van der Waals surface area contributed by atoms with Gasteiger partial charge in [0.2, 0.25) is 0 Å². The van der Waals surface area contributed by atoms with Crippen molar-refractivity contribution in [2.24, 2.45) is 5.92 Å². The molecule has 16 heavy (non-hydrogen) atoms. The fourth-order valence-electron chi connectivity index (χ4n) is 2.00. The van der Waals surface area contributed by atoms with Crippen molar-refractivity contribution < 1.29 is 4.39 Å². The second-order valence-electron chi connectivity index (χ2n) is 4.29. The lowest BCUT2D eigenvalue weighted by Gasteiger charge is -1.98. The van der Waals surface area contributed by atoms with Gasteiger partial charge in [-0.05, 0) is 24.5 Å². The van der Waals surface area contributed by atoms with Crippen LogP contribution >= 0.6 is 11.3 Å². The zero-order valence-corrected chi connectivity index (χ0v) is 9.85. The zero-order chi connectivity index (χ0) is 11.1. The van der Waals surface area contributed by atoms with Crippen LogP contribution in [-0.2, 0) is 0 Å². The number of anilines is 1. The van der Waals surface area contributed by atoms with Crippen LogP contribution in [0.3, 0.4) is 0 Å². The summed E-state index contributed by atoms with van der Waals surface area (Å²) < 4.78 is 14.0. The molecular weight excluding hydrogens is 223 g/mol. The molecule has 1 aliphatic carbocycles. The van der Waals surface area contributed by atoms with Crippen LogP contribution in [0.15, 0.2) is 18.2 Å². The predicted molar refractivity (Wildman–Crippen MR) is 65.4 cm³/mol. The first-order valence-corrected chi connectivity index (χ1v) is 6.40. The van der Waals surface area contributed by atoms with Gasteiger partial charge in [0.25, 0.3) is 0 Å². The standard InChI is InChI=1S/C12H13FN2S/c1-2-7-5-9(7)14-12-15-10-6-8(13)3-4-11(10)16-12/h3-4,6-7,9H,2,5H2,1H3,(H,14,15). The summed E-state index contributed by atoms with van der Waals surface area (Å²) in [7, 11) is 0. The fraction of sp³-hybridized carbons (Fsp3) is 0.417. The van der Waals surface area contributed by atoms with Crippen molar-refractivity contribution in [2.75, 3.05) is 5.32 Å². The molecule has 2 unspecified atom stereocenters. The molecule has 0 spiro atoms. The van der Waals surface area contributed by atoms with Crippen LogP contribution in [0.4, 0.5) is 9.52 Å². The van der Waals surface area contributed by atoms with E-state index in [1.807, 2.05) is 0 Å². The number of nitrogens with one attached hydrogen (secondary N) is 1. The fourth-order valence-corrected chi connectivity index (χ4v) is 2.90. The molecule has 1 N–H and O–H groups in total. The van der Waals surface area contributed by atoms with E-state index in [1.165, 1.54) is 25.0 Å². The Kier molecular flexibility index (Phi) is 2.32. The van der Waals surface area contributed by atoms with Crippen LogP contribution in [0, 0.1) is 11.7 Å². The summed E-state index contributed by atoms with van der Waals surface area (Å²) in [4.78, 5) is 4.39. The molecule has 3 rings (SSSR count). The topological polar surface area (TPSA) is 24.9 Å². The van der Waals surface area contributed by atoms with Gasteiger partial charge >= 0.3 is 0 Å². The van der Waals surface area contributed by atoms with Gasteiger partial charge < -0.3 is 5.32 Å². The molecule has 0 aliphatic heterocycles. The Morgan fingerprint density at radius 1 is 1.56 bits per heavy atom. The lowest BCUT2D eigenvalue weighted by atomic mass is 10.3. The lowest BCUT2D eigenvalue weighted by molar-refractivity contribution is 0.629. The maximum Gasteiger partial charge on any atom is 0.184 e. The highest BCUT2D eigenvalue weighted by atomic mass is 32.1. The van der Waals surface area contributed by atoms with Crippen molar-refractivity contribution in [1.29, 1.82) is 0 Å². The van der Waals surface area contributed by atoms with Gasteiger partial charge in [0.15, 0.2) is 5.13 Å². The molecule has 2 aromatic rings. The van der Waals surface area contributed by atoms with Crippen LogP contribution < -0.4 is 5.32 Å². The second-order valence-corrected chi connectivity index (χ2v) is 5.32. The summed E-state index contributed by atoms with van der Waals surface area (Å²) in [5, 5.41) is 4.33. The van der Waals surface area contributed by atoms with E-state index in [1.54, 1.807) is 17.4 Å². The lowest BCUT2D eigenvalue weighted by Crippen LogP contribution is -2.03. The Morgan fingerprint density at radius 2 is 2.44 bits per heavy atom. The molecule has 2 nitrogen and oxygen atoms in total. The molecule has 84 valence electrons. The monoisotopic (exact) mass is 236 g/mol. The first-order chi connectivity index (χ1) is 7.76. The first-order valence-electron chi connectivity index (χ1n) is 5.59. The van der Waals surface area contributed by atoms with Crippen molar-refractivity contribution in [1.82, 2.24) is 4.98 Å². The highest BCUT2D eigenvalue weighted by Crippen LogP contribution is 2.37. The number of fused-ring (bicyclic) bond motifs is 1. The van der Waals surface area contributed by atoms with E-state index in [2.05, 4.69) is 17.2 Å². The molecule has 1 heterocycles. The molecule has 1 saturated carbocycles. The largest absolute Gasteiger partial charge is 0.358 e. The summed E-state index contributed by atoms with van der Waals surface area (Å²) in [6, 6.07) is 5.34. The van der Waals surface area contributed by atoms with Gasteiger partial charge in [-0.2, -0.15) is 0 Å². The minimum Gasteiger partial charge on any atom is -0.358 e. The van der Waals surface area contributed by atoms with Crippen molar-refractivity contribution in [2.45, 2.75) is 25.8 Å². The molecule has 0 bridgehead atoms. The molecule has 1 aromatic carbocycles. The summed E-state index contributed by atoms with van der Waals surface area (Å²) in [5.41, 5.74) is 0.751. The van der Waals surface area contributed by atoms with Crippen LogP contribution in [0.1, 0.15) is 19.8 Å². The predicted octanol–water partition coefficient (Wildman–Crippen LogP) is 3.65. The normalized spacial score (nSPS) is 23.6. The van der Waals surface area contributed by atoms with Crippen LogP contribution in [-0.4, -0.2) is 11.0 Å². The first kappa shape index (κ1) is 10.0. The Labute approximate surface area is 97.5 Å². The summed E-state index contributed by atoms with van der Waals surface area (Å²) in [6.07, 6.45) is 2.46. The van der Waals surface area contributed by atoms with E-state index < -0.39 is 0 Å². The molecule has 1 aliphatic rings. The van der Waals surface area contributed by atoms with Crippen molar-refractivity contribution >= 4 is 26.7 Å². The number of benzene rings is 1. The minimum absolute atomic E-state index is 0.220. The smallest absolute Gasteiger partial charge is 0.184 e. The van der Waals surface area contributed by atoms with Gasteiger partial charge in [0.05, 0.1) is 10.2 Å². The summed E-state index contributed by atoms with van der Waals surface area (Å²) >= 11 is 1.60.